The van der Waals surface area contributed by atoms with Gasteiger partial charge in [-0.05, 0) is 38.4 Å². The Balaban J connectivity index is 1.80. The lowest BCUT2D eigenvalue weighted by atomic mass is 9.75. The second kappa shape index (κ2) is 7.76. The molecule has 25 heavy (non-hydrogen) atoms. The largest absolute Gasteiger partial charge is 0.481 e. The van der Waals surface area contributed by atoms with Crippen molar-refractivity contribution in [3.8, 4) is 5.88 Å². The summed E-state index contributed by atoms with van der Waals surface area (Å²) in [5, 5.41) is 13.2. The van der Waals surface area contributed by atoms with Crippen LogP contribution in [0.1, 0.15) is 30.1 Å². The van der Waals surface area contributed by atoms with Gasteiger partial charge in [-0.3, -0.25) is 4.98 Å². The molecule has 0 aromatic carbocycles. The van der Waals surface area contributed by atoms with Crippen LogP contribution in [0.4, 0.5) is 5.82 Å². The molecule has 134 valence electrons. The third kappa shape index (κ3) is 4.43. The van der Waals surface area contributed by atoms with E-state index in [0.29, 0.717) is 11.8 Å². The van der Waals surface area contributed by atoms with Gasteiger partial charge in [-0.1, -0.05) is 6.07 Å². The van der Waals surface area contributed by atoms with Gasteiger partial charge < -0.3 is 20.1 Å². The average Bonchev–Trinajstić information content (AvgIpc) is 2.57. The number of nitrogens with zero attached hydrogens (tertiary/aromatic N) is 4. The number of aromatic nitrogens is 3. The molecule has 2 heterocycles. The van der Waals surface area contributed by atoms with Crippen molar-refractivity contribution in [1.82, 2.24) is 19.9 Å². The molecule has 1 fully saturated rings. The van der Waals surface area contributed by atoms with Crippen molar-refractivity contribution in [2.24, 2.45) is 5.92 Å². The Labute approximate surface area is 148 Å². The van der Waals surface area contributed by atoms with Crippen molar-refractivity contribution in [3.63, 3.8) is 0 Å². The number of pyridine rings is 1. The Morgan fingerprint density at radius 3 is 2.68 bits per heavy atom. The molecular weight excluding hydrogens is 318 g/mol. The van der Waals surface area contributed by atoms with E-state index in [2.05, 4.69) is 25.2 Å². The first-order valence-corrected chi connectivity index (χ1v) is 8.45. The highest BCUT2D eigenvalue weighted by Gasteiger charge is 2.35. The Kier molecular flexibility index (Phi) is 5.45. The molecule has 7 nitrogen and oxygen atoms in total. The van der Waals surface area contributed by atoms with Gasteiger partial charge in [-0.2, -0.15) is 0 Å². The highest BCUT2D eigenvalue weighted by Crippen LogP contribution is 2.39. The number of hydrogen-bond acceptors (Lipinski definition) is 7. The number of hydrogen-bond donors (Lipinski definition) is 2. The zero-order valence-electron chi connectivity index (χ0n) is 14.9. The first-order chi connectivity index (χ1) is 12.0. The number of methoxy groups -OCH3 is 1. The Morgan fingerprint density at radius 1 is 1.28 bits per heavy atom. The van der Waals surface area contributed by atoms with Crippen molar-refractivity contribution in [1.29, 1.82) is 0 Å². The molecule has 0 unspecified atom stereocenters. The molecule has 0 aliphatic heterocycles. The summed E-state index contributed by atoms with van der Waals surface area (Å²) in [5.74, 6) is 1.66. The minimum absolute atomic E-state index is 0.0331. The van der Waals surface area contributed by atoms with Crippen molar-refractivity contribution in [3.05, 3.63) is 42.0 Å². The lowest BCUT2D eigenvalue weighted by molar-refractivity contribution is 0.0338. The van der Waals surface area contributed by atoms with Crippen molar-refractivity contribution in [2.45, 2.75) is 31.5 Å². The second-order valence-electron chi connectivity index (χ2n) is 6.77. The minimum atomic E-state index is -0.216. The van der Waals surface area contributed by atoms with Crippen LogP contribution < -0.4 is 10.1 Å². The molecule has 3 rings (SSSR count). The normalized spacial score (nSPS) is 20.8. The monoisotopic (exact) mass is 343 g/mol. The lowest BCUT2D eigenvalue weighted by Crippen LogP contribution is -2.36. The molecule has 2 aromatic rings. The number of ether oxygens (including phenoxy) is 1. The van der Waals surface area contributed by atoms with Crippen molar-refractivity contribution in [2.75, 3.05) is 26.5 Å². The molecule has 1 aliphatic carbocycles. The number of aliphatic hydroxyl groups excluding tert-OH is 1. The smallest absolute Gasteiger partial charge is 0.212 e. The summed E-state index contributed by atoms with van der Waals surface area (Å²) >= 11 is 0. The van der Waals surface area contributed by atoms with Gasteiger partial charge in [-0.25, -0.2) is 9.97 Å². The fourth-order valence-electron chi connectivity index (χ4n) is 3.11. The van der Waals surface area contributed by atoms with Gasteiger partial charge in [0.25, 0.3) is 0 Å². The fourth-order valence-corrected chi connectivity index (χ4v) is 3.11. The van der Waals surface area contributed by atoms with Crippen LogP contribution in [0.3, 0.4) is 0 Å². The minimum Gasteiger partial charge on any atom is -0.481 e. The molecule has 0 spiro atoms. The molecule has 0 saturated heterocycles. The molecule has 7 heteroatoms. The molecule has 2 N–H and O–H groups in total. The topological polar surface area (TPSA) is 83.4 Å². The zero-order valence-corrected chi connectivity index (χ0v) is 14.9. The third-order valence-corrected chi connectivity index (χ3v) is 4.41. The molecule has 0 amide bonds. The van der Waals surface area contributed by atoms with Gasteiger partial charge >= 0.3 is 0 Å². The quantitative estimate of drug-likeness (QED) is 0.794. The van der Waals surface area contributed by atoms with Gasteiger partial charge in [-0.15, -0.1) is 0 Å². The van der Waals surface area contributed by atoms with E-state index in [-0.39, 0.29) is 12.1 Å². The van der Waals surface area contributed by atoms with Gasteiger partial charge in [0.15, 0.2) is 0 Å². The summed E-state index contributed by atoms with van der Waals surface area (Å²) in [5.41, 5.74) is 1.97. The Hall–Kier alpha value is -2.25. The molecular formula is C18H25N5O2. The average molecular weight is 343 g/mol. The van der Waals surface area contributed by atoms with E-state index >= 15 is 0 Å². The van der Waals surface area contributed by atoms with E-state index in [9.17, 15) is 5.11 Å². The van der Waals surface area contributed by atoms with Gasteiger partial charge in [0.1, 0.15) is 5.82 Å². The van der Waals surface area contributed by atoms with Crippen LogP contribution in [0, 0.1) is 5.92 Å². The number of aliphatic hydroxyl groups is 1. The van der Waals surface area contributed by atoms with E-state index in [4.69, 9.17) is 4.74 Å². The van der Waals surface area contributed by atoms with Crippen LogP contribution in [0.2, 0.25) is 0 Å². The van der Waals surface area contributed by atoms with E-state index in [1.165, 1.54) is 0 Å². The van der Waals surface area contributed by atoms with Gasteiger partial charge in [0.05, 0.1) is 31.1 Å². The molecule has 0 bridgehead atoms. The maximum absolute atomic E-state index is 9.71. The van der Waals surface area contributed by atoms with Crippen LogP contribution in [0.15, 0.2) is 30.7 Å². The number of anilines is 1. The third-order valence-electron chi connectivity index (χ3n) is 4.41. The second-order valence-corrected chi connectivity index (χ2v) is 6.77. The van der Waals surface area contributed by atoms with Crippen LogP contribution >= 0.6 is 0 Å². The van der Waals surface area contributed by atoms with Crippen LogP contribution in [0.25, 0.3) is 0 Å². The standard InChI is InChI=1S/C18H25N5O2/c1-23(2)11-14-9-19-10-16(21-14)22-18(13-6-15(24)7-13)12-4-5-17(25-3)20-8-12/h4-5,8-10,13,15,18,24H,6-7,11H2,1-3H3,(H,21,22)/t13?,15?,18-/m1/s1. The Bertz CT molecular complexity index is 686. The lowest BCUT2D eigenvalue weighted by Gasteiger charge is -2.38. The van der Waals surface area contributed by atoms with Gasteiger partial charge in [0.2, 0.25) is 5.88 Å². The number of rotatable bonds is 7. The fraction of sp³-hybridized carbons (Fsp3) is 0.500. The predicted molar refractivity (Wildman–Crippen MR) is 95.3 cm³/mol. The van der Waals surface area contributed by atoms with Gasteiger partial charge in [0, 0.05) is 25.0 Å². The number of nitrogens with one attached hydrogen (secondary N) is 1. The summed E-state index contributed by atoms with van der Waals surface area (Å²) in [6.07, 6.45) is 6.66. The van der Waals surface area contributed by atoms with E-state index in [0.717, 1.165) is 36.5 Å². The summed E-state index contributed by atoms with van der Waals surface area (Å²) in [7, 11) is 5.61. The van der Waals surface area contributed by atoms with Crippen LogP contribution in [0.5, 0.6) is 5.88 Å². The highest BCUT2D eigenvalue weighted by atomic mass is 16.5. The van der Waals surface area contributed by atoms with Crippen LogP contribution in [-0.2, 0) is 6.54 Å². The van der Waals surface area contributed by atoms with Crippen molar-refractivity contribution >= 4 is 5.82 Å². The summed E-state index contributed by atoms with van der Waals surface area (Å²) in [6, 6.07) is 3.89. The molecule has 1 atom stereocenters. The van der Waals surface area contributed by atoms with E-state index in [1.54, 1.807) is 19.5 Å². The summed E-state index contributed by atoms with van der Waals surface area (Å²) in [4.78, 5) is 15.3. The summed E-state index contributed by atoms with van der Waals surface area (Å²) < 4.78 is 5.14. The predicted octanol–water partition coefficient (Wildman–Crippen LogP) is 1.87. The molecule has 0 radical (unpaired) electrons. The SMILES string of the molecule is COc1ccc([C@@H](Nc2cncc(CN(C)C)n2)C2CC(O)C2)cn1. The maximum Gasteiger partial charge on any atom is 0.212 e. The molecule has 1 aliphatic rings. The molecule has 1 saturated carbocycles. The van der Waals surface area contributed by atoms with Crippen LogP contribution in [-0.4, -0.2) is 52.3 Å². The zero-order chi connectivity index (χ0) is 17.8. The van der Waals surface area contributed by atoms with Crippen molar-refractivity contribution < 1.29 is 9.84 Å². The van der Waals surface area contributed by atoms with E-state index < -0.39 is 0 Å². The summed E-state index contributed by atoms with van der Waals surface area (Å²) in [6.45, 7) is 0.736. The first-order valence-electron chi connectivity index (χ1n) is 8.45. The first kappa shape index (κ1) is 17.6. The maximum atomic E-state index is 9.71. The molecule has 2 aromatic heterocycles. The highest BCUT2D eigenvalue weighted by molar-refractivity contribution is 5.38. The Morgan fingerprint density at radius 2 is 2.08 bits per heavy atom. The van der Waals surface area contributed by atoms with E-state index in [1.807, 2.05) is 32.4 Å².